The Kier molecular flexibility index (Phi) is 6.61. The van der Waals surface area contributed by atoms with Gasteiger partial charge in [0.2, 0.25) is 11.8 Å². The maximum atomic E-state index is 12.8. The van der Waals surface area contributed by atoms with E-state index in [9.17, 15) is 9.59 Å². The predicted molar refractivity (Wildman–Crippen MR) is 108 cm³/mol. The van der Waals surface area contributed by atoms with E-state index in [4.69, 9.17) is 4.74 Å². The number of amides is 2. The summed E-state index contributed by atoms with van der Waals surface area (Å²) >= 11 is 0. The summed E-state index contributed by atoms with van der Waals surface area (Å²) in [7, 11) is 1.61. The molecule has 2 aromatic carbocycles. The minimum atomic E-state index is -1.19. The second-order valence-electron chi connectivity index (χ2n) is 7.07. The summed E-state index contributed by atoms with van der Waals surface area (Å²) < 4.78 is 5.13. The van der Waals surface area contributed by atoms with Gasteiger partial charge in [0, 0.05) is 12.2 Å². The van der Waals surface area contributed by atoms with Crippen molar-refractivity contribution in [2.75, 3.05) is 12.4 Å². The molecule has 0 heterocycles. The van der Waals surface area contributed by atoms with Gasteiger partial charge in [-0.15, -0.1) is 0 Å². The number of carbonyl (C=O) groups is 2. The fraction of sp³-hybridized carbons (Fsp3) is 0.364. The number of ether oxygens (including phenoxy) is 1. The summed E-state index contributed by atoms with van der Waals surface area (Å²) in [5.41, 5.74) is 2.57. The van der Waals surface area contributed by atoms with Crippen molar-refractivity contribution in [3.8, 4) is 5.75 Å². The van der Waals surface area contributed by atoms with Crippen molar-refractivity contribution in [3.05, 3.63) is 59.2 Å². The first-order chi connectivity index (χ1) is 12.8. The van der Waals surface area contributed by atoms with Gasteiger partial charge in [-0.2, -0.15) is 0 Å². The SMILES string of the molecule is CCc1cccc(C)c1NC(=O)C(C)(C)C(=O)NCc1ccc(OC)cc1. The molecular formula is C22H28N2O3. The molecule has 0 aliphatic carbocycles. The zero-order chi connectivity index (χ0) is 20.0. The van der Waals surface area contributed by atoms with Crippen LogP contribution in [0.15, 0.2) is 42.5 Å². The maximum absolute atomic E-state index is 12.8. The third kappa shape index (κ3) is 4.88. The number of hydrogen-bond donors (Lipinski definition) is 2. The molecule has 0 aliphatic heterocycles. The van der Waals surface area contributed by atoms with E-state index in [1.807, 2.05) is 56.3 Å². The van der Waals surface area contributed by atoms with Gasteiger partial charge in [-0.3, -0.25) is 9.59 Å². The van der Waals surface area contributed by atoms with Crippen LogP contribution in [0.3, 0.4) is 0 Å². The molecule has 2 amide bonds. The molecule has 0 spiro atoms. The van der Waals surface area contributed by atoms with Crippen molar-refractivity contribution in [2.24, 2.45) is 5.41 Å². The number of hydrogen-bond acceptors (Lipinski definition) is 3. The van der Waals surface area contributed by atoms with Crippen LogP contribution in [0.1, 0.15) is 37.5 Å². The van der Waals surface area contributed by atoms with Crippen LogP contribution in [0.2, 0.25) is 0 Å². The van der Waals surface area contributed by atoms with E-state index in [0.29, 0.717) is 6.54 Å². The topological polar surface area (TPSA) is 67.4 Å². The molecule has 0 saturated carbocycles. The number of carbonyl (C=O) groups excluding carboxylic acids is 2. The second kappa shape index (κ2) is 8.71. The Morgan fingerprint density at radius 3 is 2.30 bits per heavy atom. The first-order valence-corrected chi connectivity index (χ1v) is 9.10. The second-order valence-corrected chi connectivity index (χ2v) is 7.07. The van der Waals surface area contributed by atoms with Gasteiger partial charge in [-0.25, -0.2) is 0 Å². The molecular weight excluding hydrogens is 340 g/mol. The Morgan fingerprint density at radius 1 is 1.04 bits per heavy atom. The first kappa shape index (κ1) is 20.5. The lowest BCUT2D eigenvalue weighted by Gasteiger charge is -2.24. The number of methoxy groups -OCH3 is 1. The van der Waals surface area contributed by atoms with E-state index in [0.717, 1.165) is 34.5 Å². The van der Waals surface area contributed by atoms with Crippen LogP contribution in [0.5, 0.6) is 5.75 Å². The lowest BCUT2D eigenvalue weighted by Crippen LogP contribution is -2.45. The largest absolute Gasteiger partial charge is 0.497 e. The van der Waals surface area contributed by atoms with Crippen LogP contribution in [0, 0.1) is 12.3 Å². The zero-order valence-corrected chi connectivity index (χ0v) is 16.7. The summed E-state index contributed by atoms with van der Waals surface area (Å²) in [5.74, 6) is 0.121. The van der Waals surface area contributed by atoms with Gasteiger partial charge in [-0.05, 0) is 56.0 Å². The Hall–Kier alpha value is -2.82. The molecule has 5 heteroatoms. The lowest BCUT2D eigenvalue weighted by molar-refractivity contribution is -0.138. The highest BCUT2D eigenvalue weighted by Gasteiger charge is 2.36. The highest BCUT2D eigenvalue weighted by molar-refractivity contribution is 6.10. The van der Waals surface area contributed by atoms with E-state index < -0.39 is 5.41 Å². The molecule has 2 aromatic rings. The molecule has 2 rings (SSSR count). The van der Waals surface area contributed by atoms with E-state index in [1.165, 1.54) is 0 Å². The molecule has 5 nitrogen and oxygen atoms in total. The zero-order valence-electron chi connectivity index (χ0n) is 16.7. The smallest absolute Gasteiger partial charge is 0.239 e. The summed E-state index contributed by atoms with van der Waals surface area (Å²) in [6, 6.07) is 13.3. The molecule has 0 unspecified atom stereocenters. The molecule has 0 aromatic heterocycles. The number of rotatable bonds is 7. The van der Waals surface area contributed by atoms with Crippen molar-refractivity contribution in [3.63, 3.8) is 0 Å². The van der Waals surface area contributed by atoms with Gasteiger partial charge in [0.15, 0.2) is 0 Å². The Bertz CT molecular complexity index is 811. The minimum absolute atomic E-state index is 0.317. The lowest BCUT2D eigenvalue weighted by atomic mass is 9.90. The number of aryl methyl sites for hydroxylation is 2. The molecule has 0 saturated heterocycles. The van der Waals surface area contributed by atoms with E-state index in [-0.39, 0.29) is 11.8 Å². The fourth-order valence-corrected chi connectivity index (χ4v) is 2.72. The van der Waals surface area contributed by atoms with Crippen molar-refractivity contribution in [2.45, 2.75) is 40.7 Å². The van der Waals surface area contributed by atoms with Gasteiger partial charge >= 0.3 is 0 Å². The van der Waals surface area contributed by atoms with Crippen LogP contribution in [0.4, 0.5) is 5.69 Å². The quantitative estimate of drug-likeness (QED) is 0.730. The summed E-state index contributed by atoms with van der Waals surface area (Å²) in [4.78, 5) is 25.4. The molecule has 0 radical (unpaired) electrons. The van der Waals surface area contributed by atoms with Crippen molar-refractivity contribution >= 4 is 17.5 Å². The molecule has 27 heavy (non-hydrogen) atoms. The highest BCUT2D eigenvalue weighted by Crippen LogP contribution is 2.25. The van der Waals surface area contributed by atoms with Crippen molar-refractivity contribution in [1.29, 1.82) is 0 Å². The Labute approximate surface area is 161 Å². The third-order valence-corrected chi connectivity index (χ3v) is 4.73. The van der Waals surface area contributed by atoms with Gasteiger partial charge in [0.1, 0.15) is 11.2 Å². The molecule has 0 aliphatic rings. The highest BCUT2D eigenvalue weighted by atomic mass is 16.5. The average Bonchev–Trinajstić information content (AvgIpc) is 2.67. The van der Waals surface area contributed by atoms with Gasteiger partial charge in [0.25, 0.3) is 0 Å². The third-order valence-electron chi connectivity index (χ3n) is 4.73. The molecule has 0 bridgehead atoms. The maximum Gasteiger partial charge on any atom is 0.239 e. The van der Waals surface area contributed by atoms with Crippen molar-refractivity contribution in [1.82, 2.24) is 5.32 Å². The van der Waals surface area contributed by atoms with Crippen LogP contribution < -0.4 is 15.4 Å². The molecule has 2 N–H and O–H groups in total. The van der Waals surface area contributed by atoms with Crippen molar-refractivity contribution < 1.29 is 14.3 Å². The van der Waals surface area contributed by atoms with Gasteiger partial charge < -0.3 is 15.4 Å². The summed E-state index contributed by atoms with van der Waals surface area (Å²) in [6.45, 7) is 7.61. The standard InChI is InChI=1S/C22H28N2O3/c1-6-17-9-7-8-15(2)19(17)24-21(26)22(3,4)20(25)23-14-16-10-12-18(27-5)13-11-16/h7-13H,6,14H2,1-5H3,(H,23,25)(H,24,26). The average molecular weight is 368 g/mol. The van der Waals surface area contributed by atoms with Crippen LogP contribution in [-0.4, -0.2) is 18.9 Å². The number of anilines is 1. The predicted octanol–water partition coefficient (Wildman–Crippen LogP) is 3.85. The van der Waals surface area contributed by atoms with Gasteiger partial charge in [-0.1, -0.05) is 37.3 Å². The summed E-state index contributed by atoms with van der Waals surface area (Å²) in [5, 5.41) is 5.79. The Balaban J connectivity index is 2.05. The monoisotopic (exact) mass is 368 g/mol. The van der Waals surface area contributed by atoms with Gasteiger partial charge in [0.05, 0.1) is 7.11 Å². The van der Waals surface area contributed by atoms with Crippen LogP contribution in [-0.2, 0) is 22.6 Å². The number of para-hydroxylation sites is 1. The first-order valence-electron chi connectivity index (χ1n) is 9.10. The van der Waals surface area contributed by atoms with E-state index in [1.54, 1.807) is 21.0 Å². The van der Waals surface area contributed by atoms with Crippen LogP contribution >= 0.6 is 0 Å². The van der Waals surface area contributed by atoms with E-state index in [2.05, 4.69) is 10.6 Å². The summed E-state index contributed by atoms with van der Waals surface area (Å²) in [6.07, 6.45) is 0.807. The minimum Gasteiger partial charge on any atom is -0.497 e. The van der Waals surface area contributed by atoms with E-state index >= 15 is 0 Å². The Morgan fingerprint density at radius 2 is 1.70 bits per heavy atom. The molecule has 0 atom stereocenters. The molecule has 0 fully saturated rings. The molecule has 144 valence electrons. The number of benzene rings is 2. The van der Waals surface area contributed by atoms with Crippen LogP contribution in [0.25, 0.3) is 0 Å². The number of nitrogens with one attached hydrogen (secondary N) is 2. The normalized spacial score (nSPS) is 11.0. The fourth-order valence-electron chi connectivity index (χ4n) is 2.72.